The monoisotopic (exact) mass is 284 g/mol. The molecule has 0 aliphatic carbocycles. The number of nitrogens with one attached hydrogen (secondary N) is 1. The summed E-state index contributed by atoms with van der Waals surface area (Å²) in [5.41, 5.74) is 0.857. The molecule has 0 aliphatic rings. The number of nitrogens with zero attached hydrogens (tertiary/aromatic N) is 1. The highest BCUT2D eigenvalue weighted by molar-refractivity contribution is 7.92. The van der Waals surface area contributed by atoms with Crippen molar-refractivity contribution in [2.24, 2.45) is 0 Å². The Balaban J connectivity index is 2.35. The van der Waals surface area contributed by atoms with Crippen LogP contribution in [0.5, 0.6) is 0 Å². The summed E-state index contributed by atoms with van der Waals surface area (Å²) in [6.45, 7) is 1.80. The van der Waals surface area contributed by atoms with E-state index < -0.39 is 26.6 Å². The number of rotatable bonds is 3. The number of sulfonamides is 1. The van der Waals surface area contributed by atoms with Gasteiger partial charge in [-0.1, -0.05) is 6.07 Å². The van der Waals surface area contributed by atoms with Gasteiger partial charge in [0.25, 0.3) is 10.0 Å². The molecule has 0 fully saturated rings. The number of hydrogen-bond acceptors (Lipinski definition) is 3. The first-order valence-electron chi connectivity index (χ1n) is 5.29. The molecule has 19 heavy (non-hydrogen) atoms. The fraction of sp³-hybridized carbons (Fsp3) is 0.0833. The Bertz CT molecular complexity index is 700. The standard InChI is InChI=1S/C12H10F2N2O2S/c1-8-2-5-12(15-7-8)16-19(17,18)11-4-3-9(13)6-10(11)14/h2-7H,1H3,(H,15,16). The van der Waals surface area contributed by atoms with Crippen molar-refractivity contribution < 1.29 is 17.2 Å². The molecule has 0 saturated carbocycles. The molecule has 0 amide bonds. The van der Waals surface area contributed by atoms with Crippen LogP contribution < -0.4 is 4.72 Å². The summed E-state index contributed by atoms with van der Waals surface area (Å²) in [4.78, 5) is 3.22. The zero-order chi connectivity index (χ0) is 14.0. The van der Waals surface area contributed by atoms with Crippen molar-refractivity contribution in [1.82, 2.24) is 4.98 Å². The minimum absolute atomic E-state index is 0.0642. The third-order valence-electron chi connectivity index (χ3n) is 2.33. The fourth-order valence-corrected chi connectivity index (χ4v) is 2.48. The summed E-state index contributed by atoms with van der Waals surface area (Å²) in [6.07, 6.45) is 1.47. The lowest BCUT2D eigenvalue weighted by Crippen LogP contribution is -2.15. The number of anilines is 1. The maximum absolute atomic E-state index is 13.4. The minimum Gasteiger partial charge on any atom is -0.263 e. The van der Waals surface area contributed by atoms with E-state index in [9.17, 15) is 17.2 Å². The van der Waals surface area contributed by atoms with Gasteiger partial charge in [-0.15, -0.1) is 0 Å². The average molecular weight is 284 g/mol. The van der Waals surface area contributed by atoms with Crippen LogP contribution in [-0.2, 0) is 10.0 Å². The molecule has 1 heterocycles. The van der Waals surface area contributed by atoms with Gasteiger partial charge in [0.2, 0.25) is 0 Å². The number of benzene rings is 1. The first-order chi connectivity index (χ1) is 8.88. The Morgan fingerprint density at radius 1 is 1.16 bits per heavy atom. The van der Waals surface area contributed by atoms with Gasteiger partial charge < -0.3 is 0 Å². The van der Waals surface area contributed by atoms with Gasteiger partial charge in [-0.3, -0.25) is 4.72 Å². The third-order valence-corrected chi connectivity index (χ3v) is 3.72. The molecular formula is C12H10F2N2O2S. The van der Waals surface area contributed by atoms with Crippen molar-refractivity contribution in [2.45, 2.75) is 11.8 Å². The van der Waals surface area contributed by atoms with Gasteiger partial charge >= 0.3 is 0 Å². The lowest BCUT2D eigenvalue weighted by molar-refractivity contribution is 0.551. The molecule has 0 spiro atoms. The molecular weight excluding hydrogens is 274 g/mol. The normalized spacial score (nSPS) is 11.3. The number of aryl methyl sites for hydroxylation is 1. The molecule has 0 bridgehead atoms. The topological polar surface area (TPSA) is 59.1 Å². The SMILES string of the molecule is Cc1ccc(NS(=O)(=O)c2ccc(F)cc2F)nc1. The second kappa shape index (κ2) is 4.93. The number of aromatic nitrogens is 1. The Morgan fingerprint density at radius 2 is 1.89 bits per heavy atom. The van der Waals surface area contributed by atoms with Gasteiger partial charge in [0.1, 0.15) is 22.3 Å². The van der Waals surface area contributed by atoms with E-state index in [4.69, 9.17) is 0 Å². The lowest BCUT2D eigenvalue weighted by atomic mass is 10.3. The molecule has 0 atom stereocenters. The molecule has 0 aliphatic heterocycles. The zero-order valence-corrected chi connectivity index (χ0v) is 10.7. The number of hydrogen-bond donors (Lipinski definition) is 1. The van der Waals surface area contributed by atoms with Crippen LogP contribution >= 0.6 is 0 Å². The minimum atomic E-state index is -4.13. The second-order valence-electron chi connectivity index (χ2n) is 3.90. The van der Waals surface area contributed by atoms with Crippen molar-refractivity contribution in [3.8, 4) is 0 Å². The average Bonchev–Trinajstić information content (AvgIpc) is 2.31. The van der Waals surface area contributed by atoms with E-state index in [1.807, 2.05) is 0 Å². The number of pyridine rings is 1. The quantitative estimate of drug-likeness (QED) is 0.942. The molecule has 0 saturated heterocycles. The highest BCUT2D eigenvalue weighted by Crippen LogP contribution is 2.18. The van der Waals surface area contributed by atoms with E-state index in [1.165, 1.54) is 12.3 Å². The summed E-state index contributed by atoms with van der Waals surface area (Å²) < 4.78 is 52.1. The molecule has 4 nitrogen and oxygen atoms in total. The highest BCUT2D eigenvalue weighted by atomic mass is 32.2. The Morgan fingerprint density at radius 3 is 2.47 bits per heavy atom. The maximum atomic E-state index is 13.4. The van der Waals surface area contributed by atoms with E-state index in [-0.39, 0.29) is 5.82 Å². The van der Waals surface area contributed by atoms with E-state index in [0.29, 0.717) is 6.07 Å². The lowest BCUT2D eigenvalue weighted by Gasteiger charge is -2.08. The Kier molecular flexibility index (Phi) is 3.48. The van der Waals surface area contributed by atoms with Crippen molar-refractivity contribution >= 4 is 15.8 Å². The van der Waals surface area contributed by atoms with E-state index in [1.54, 1.807) is 13.0 Å². The summed E-state index contributed by atoms with van der Waals surface area (Å²) in [6, 6.07) is 5.36. The van der Waals surface area contributed by atoms with E-state index >= 15 is 0 Å². The van der Waals surface area contributed by atoms with Crippen LogP contribution in [0.15, 0.2) is 41.4 Å². The fourth-order valence-electron chi connectivity index (χ4n) is 1.41. The zero-order valence-electron chi connectivity index (χ0n) is 9.89. The molecule has 1 aromatic heterocycles. The van der Waals surface area contributed by atoms with Crippen LogP contribution in [0.2, 0.25) is 0 Å². The van der Waals surface area contributed by atoms with E-state index in [0.717, 1.165) is 17.7 Å². The predicted molar refractivity (Wildman–Crippen MR) is 66.1 cm³/mol. The predicted octanol–water partition coefficient (Wildman–Crippen LogP) is 2.47. The number of halogens is 2. The molecule has 7 heteroatoms. The molecule has 0 radical (unpaired) electrons. The van der Waals surface area contributed by atoms with Crippen molar-refractivity contribution in [3.05, 3.63) is 53.7 Å². The maximum Gasteiger partial charge on any atom is 0.265 e. The van der Waals surface area contributed by atoms with Crippen LogP contribution in [0.3, 0.4) is 0 Å². The molecule has 2 aromatic rings. The first-order valence-corrected chi connectivity index (χ1v) is 6.77. The van der Waals surface area contributed by atoms with Crippen molar-refractivity contribution in [3.63, 3.8) is 0 Å². The molecule has 2 rings (SSSR count). The van der Waals surface area contributed by atoms with Crippen LogP contribution in [0.25, 0.3) is 0 Å². The largest absolute Gasteiger partial charge is 0.265 e. The van der Waals surface area contributed by atoms with E-state index in [2.05, 4.69) is 9.71 Å². The van der Waals surface area contributed by atoms with Crippen LogP contribution in [0.4, 0.5) is 14.6 Å². The summed E-state index contributed by atoms with van der Waals surface area (Å²) >= 11 is 0. The van der Waals surface area contributed by atoms with Gasteiger partial charge in [0, 0.05) is 12.3 Å². The summed E-state index contributed by atoms with van der Waals surface area (Å²) in [5, 5.41) is 0. The first kappa shape index (κ1) is 13.4. The molecule has 0 unspecified atom stereocenters. The second-order valence-corrected chi connectivity index (χ2v) is 5.55. The van der Waals surface area contributed by atoms with Crippen molar-refractivity contribution in [1.29, 1.82) is 0 Å². The van der Waals surface area contributed by atoms with Gasteiger partial charge in [0.15, 0.2) is 0 Å². The van der Waals surface area contributed by atoms with Crippen molar-refractivity contribution in [2.75, 3.05) is 4.72 Å². The summed E-state index contributed by atoms with van der Waals surface area (Å²) in [5.74, 6) is -1.93. The third kappa shape index (κ3) is 3.05. The van der Waals surface area contributed by atoms with Gasteiger partial charge in [0.05, 0.1) is 0 Å². The van der Waals surface area contributed by atoms with Crippen LogP contribution in [-0.4, -0.2) is 13.4 Å². The summed E-state index contributed by atoms with van der Waals surface area (Å²) in [7, 11) is -4.13. The highest BCUT2D eigenvalue weighted by Gasteiger charge is 2.19. The smallest absolute Gasteiger partial charge is 0.263 e. The Hall–Kier alpha value is -2.02. The Labute approximate surface area is 109 Å². The van der Waals surface area contributed by atoms with Gasteiger partial charge in [-0.25, -0.2) is 22.2 Å². The van der Waals surface area contributed by atoms with Gasteiger partial charge in [-0.05, 0) is 30.7 Å². The van der Waals surface area contributed by atoms with Crippen LogP contribution in [0.1, 0.15) is 5.56 Å². The molecule has 100 valence electrons. The molecule has 1 aromatic carbocycles. The van der Waals surface area contributed by atoms with Gasteiger partial charge in [-0.2, -0.15) is 0 Å². The molecule has 1 N–H and O–H groups in total. The van der Waals surface area contributed by atoms with Crippen LogP contribution in [0, 0.1) is 18.6 Å².